The third kappa shape index (κ3) is 6.68. The van der Waals surface area contributed by atoms with Gasteiger partial charge in [0.15, 0.2) is 0 Å². The van der Waals surface area contributed by atoms with E-state index in [0.717, 1.165) is 47.4 Å². The number of nitrogens with zero attached hydrogens (tertiary/aromatic N) is 1. The number of carbonyl (C=O) groups is 2. The van der Waals surface area contributed by atoms with Gasteiger partial charge >= 0.3 is 0 Å². The third-order valence-electron chi connectivity index (χ3n) is 5.51. The number of ether oxygens (including phenoxy) is 1. The van der Waals surface area contributed by atoms with Crippen molar-refractivity contribution >= 4 is 51.9 Å². The monoisotopic (exact) mass is 482 g/mol. The highest BCUT2D eigenvalue weighted by molar-refractivity contribution is 8.26. The minimum Gasteiger partial charge on any atom is -0.497 e. The van der Waals surface area contributed by atoms with Crippen molar-refractivity contribution in [3.05, 3.63) is 63.6 Å². The first-order chi connectivity index (χ1) is 15.8. The second-order valence-corrected chi connectivity index (χ2v) is 9.91. The number of hydrogen-bond acceptors (Lipinski definition) is 5. The molecule has 1 aliphatic heterocycles. The molecule has 5 nitrogen and oxygen atoms in total. The van der Waals surface area contributed by atoms with E-state index in [9.17, 15) is 9.59 Å². The zero-order chi connectivity index (χ0) is 24.0. The van der Waals surface area contributed by atoms with Crippen molar-refractivity contribution in [1.29, 1.82) is 0 Å². The van der Waals surface area contributed by atoms with Gasteiger partial charge in [-0.25, -0.2) is 0 Å². The van der Waals surface area contributed by atoms with Crippen LogP contribution >= 0.6 is 24.0 Å². The minimum absolute atomic E-state index is 0.0260. The summed E-state index contributed by atoms with van der Waals surface area (Å²) in [7, 11) is 1.62. The number of amides is 2. The average molecular weight is 483 g/mol. The Morgan fingerprint density at radius 1 is 1.09 bits per heavy atom. The second kappa shape index (κ2) is 11.5. The van der Waals surface area contributed by atoms with Crippen LogP contribution in [0, 0.1) is 20.8 Å². The van der Waals surface area contributed by atoms with E-state index in [0.29, 0.717) is 22.2 Å². The fourth-order valence-corrected chi connectivity index (χ4v) is 5.16. The maximum absolute atomic E-state index is 12.8. The standard InChI is InChI=1S/C26H30N2O3S2/c1-17-14-18(2)24(19(3)15-17)27-23(29)8-6-5-7-13-28-25(30)22(33-26(28)32)16-20-9-11-21(31-4)12-10-20/h9-12,14-16H,5-8,13H2,1-4H3,(H,27,29)/b22-16-. The van der Waals surface area contributed by atoms with Crippen LogP contribution in [0.3, 0.4) is 0 Å². The highest BCUT2D eigenvalue weighted by Gasteiger charge is 2.31. The average Bonchev–Trinajstić information content (AvgIpc) is 3.03. The number of nitrogens with one attached hydrogen (secondary N) is 1. The topological polar surface area (TPSA) is 58.6 Å². The van der Waals surface area contributed by atoms with Gasteiger partial charge in [0.05, 0.1) is 12.0 Å². The summed E-state index contributed by atoms with van der Waals surface area (Å²) in [5.41, 5.74) is 5.20. The SMILES string of the molecule is COc1ccc(/C=C2\SC(=S)N(CCCCCC(=O)Nc3c(C)cc(C)cc3C)C2=O)cc1. The number of carbonyl (C=O) groups excluding carboxylic acids is 2. The molecule has 1 N–H and O–H groups in total. The molecule has 0 unspecified atom stereocenters. The van der Waals surface area contributed by atoms with Gasteiger partial charge in [0.1, 0.15) is 10.1 Å². The molecule has 1 saturated heterocycles. The molecule has 1 aliphatic rings. The Hall–Kier alpha value is -2.64. The smallest absolute Gasteiger partial charge is 0.266 e. The van der Waals surface area contributed by atoms with Crippen molar-refractivity contribution in [1.82, 2.24) is 4.90 Å². The van der Waals surface area contributed by atoms with Gasteiger partial charge in [-0.2, -0.15) is 0 Å². The molecule has 174 valence electrons. The van der Waals surface area contributed by atoms with Gasteiger partial charge in [0.25, 0.3) is 5.91 Å². The van der Waals surface area contributed by atoms with E-state index in [1.54, 1.807) is 12.0 Å². The third-order valence-corrected chi connectivity index (χ3v) is 6.89. The van der Waals surface area contributed by atoms with Crippen molar-refractivity contribution < 1.29 is 14.3 Å². The summed E-state index contributed by atoms with van der Waals surface area (Å²) in [6, 6.07) is 11.7. The van der Waals surface area contributed by atoms with Gasteiger partial charge in [-0.15, -0.1) is 0 Å². The normalized spacial score (nSPS) is 14.8. The first-order valence-electron chi connectivity index (χ1n) is 11.1. The minimum atomic E-state index is -0.0520. The lowest BCUT2D eigenvalue weighted by Crippen LogP contribution is -2.29. The number of rotatable bonds is 9. The van der Waals surface area contributed by atoms with Crippen LogP contribution in [0.5, 0.6) is 5.75 Å². The number of aryl methyl sites for hydroxylation is 3. The van der Waals surface area contributed by atoms with Crippen LogP contribution < -0.4 is 10.1 Å². The molecule has 0 aromatic heterocycles. The molecule has 33 heavy (non-hydrogen) atoms. The fourth-order valence-electron chi connectivity index (χ4n) is 3.86. The van der Waals surface area contributed by atoms with Gasteiger partial charge in [0.2, 0.25) is 5.91 Å². The Bertz CT molecular complexity index is 1050. The predicted octanol–water partition coefficient (Wildman–Crippen LogP) is 6.02. The Morgan fingerprint density at radius 3 is 2.39 bits per heavy atom. The Balaban J connectivity index is 1.44. The number of anilines is 1. The molecule has 1 heterocycles. The molecule has 2 aromatic carbocycles. The molecule has 2 amide bonds. The second-order valence-electron chi connectivity index (χ2n) is 8.24. The van der Waals surface area contributed by atoms with Crippen molar-refractivity contribution in [2.24, 2.45) is 0 Å². The molecule has 0 bridgehead atoms. The summed E-state index contributed by atoms with van der Waals surface area (Å²) in [6.45, 7) is 6.66. The highest BCUT2D eigenvalue weighted by Crippen LogP contribution is 2.33. The Kier molecular flexibility index (Phi) is 8.69. The zero-order valence-corrected chi connectivity index (χ0v) is 21.2. The van der Waals surface area contributed by atoms with Gasteiger partial charge < -0.3 is 10.1 Å². The van der Waals surface area contributed by atoms with Gasteiger partial charge in [0, 0.05) is 18.7 Å². The molecule has 7 heteroatoms. The summed E-state index contributed by atoms with van der Waals surface area (Å²) in [6.07, 6.45) is 4.75. The lowest BCUT2D eigenvalue weighted by molar-refractivity contribution is -0.122. The summed E-state index contributed by atoms with van der Waals surface area (Å²) < 4.78 is 5.76. The number of thioether (sulfide) groups is 1. The lowest BCUT2D eigenvalue weighted by atomic mass is 10.0. The van der Waals surface area contributed by atoms with Gasteiger partial charge in [-0.3, -0.25) is 14.5 Å². The van der Waals surface area contributed by atoms with E-state index >= 15 is 0 Å². The van der Waals surface area contributed by atoms with Crippen LogP contribution in [0.15, 0.2) is 41.3 Å². The van der Waals surface area contributed by atoms with Crippen LogP contribution in [0.1, 0.15) is 47.9 Å². The van der Waals surface area contributed by atoms with Crippen LogP contribution in [-0.2, 0) is 9.59 Å². The fraction of sp³-hybridized carbons (Fsp3) is 0.346. The van der Waals surface area contributed by atoms with E-state index in [2.05, 4.69) is 24.4 Å². The number of unbranched alkanes of at least 4 members (excludes halogenated alkanes) is 2. The van der Waals surface area contributed by atoms with Crippen molar-refractivity contribution in [3.8, 4) is 5.75 Å². The van der Waals surface area contributed by atoms with Gasteiger partial charge in [-0.1, -0.05) is 60.2 Å². The summed E-state index contributed by atoms with van der Waals surface area (Å²) in [5, 5.41) is 3.05. The maximum Gasteiger partial charge on any atom is 0.266 e. The molecule has 2 aromatic rings. The summed E-state index contributed by atoms with van der Waals surface area (Å²) >= 11 is 6.75. The molecule has 0 aliphatic carbocycles. The first-order valence-corrected chi connectivity index (χ1v) is 12.3. The molecule has 0 atom stereocenters. The van der Waals surface area contributed by atoms with Crippen molar-refractivity contribution in [2.45, 2.75) is 46.5 Å². The highest BCUT2D eigenvalue weighted by atomic mass is 32.2. The van der Waals surface area contributed by atoms with Crippen LogP contribution in [-0.4, -0.2) is 34.7 Å². The van der Waals surface area contributed by atoms with Crippen molar-refractivity contribution in [3.63, 3.8) is 0 Å². The first kappa shape index (κ1) is 25.0. The maximum atomic E-state index is 12.8. The van der Waals surface area contributed by atoms with E-state index in [-0.39, 0.29) is 11.8 Å². The molecular weight excluding hydrogens is 452 g/mol. The quantitative estimate of drug-likeness (QED) is 0.269. The number of benzene rings is 2. The van der Waals surface area contributed by atoms with E-state index in [4.69, 9.17) is 17.0 Å². The number of thiocarbonyl (C=S) groups is 1. The molecule has 3 rings (SSSR count). The number of methoxy groups -OCH3 is 1. The van der Waals surface area contributed by atoms with Crippen LogP contribution in [0.25, 0.3) is 6.08 Å². The lowest BCUT2D eigenvalue weighted by Gasteiger charge is -2.14. The molecule has 0 radical (unpaired) electrons. The van der Waals surface area contributed by atoms with Crippen molar-refractivity contribution in [2.75, 3.05) is 19.0 Å². The summed E-state index contributed by atoms with van der Waals surface area (Å²) in [4.78, 5) is 27.4. The zero-order valence-electron chi connectivity index (χ0n) is 19.6. The molecule has 1 fully saturated rings. The van der Waals surface area contributed by atoms with Crippen LogP contribution in [0.2, 0.25) is 0 Å². The van der Waals surface area contributed by atoms with E-state index in [1.165, 1.54) is 17.3 Å². The molecular formula is C26H30N2O3S2. The largest absolute Gasteiger partial charge is 0.497 e. The Labute approximate surface area is 205 Å². The molecule has 0 saturated carbocycles. The molecule has 0 spiro atoms. The van der Waals surface area contributed by atoms with E-state index < -0.39 is 0 Å². The predicted molar refractivity (Wildman–Crippen MR) is 141 cm³/mol. The van der Waals surface area contributed by atoms with Gasteiger partial charge in [-0.05, 0) is 68.5 Å². The summed E-state index contributed by atoms with van der Waals surface area (Å²) in [5.74, 6) is 0.750. The Morgan fingerprint density at radius 2 is 1.76 bits per heavy atom. The van der Waals surface area contributed by atoms with E-state index in [1.807, 2.05) is 44.2 Å². The number of hydrogen-bond donors (Lipinski definition) is 1. The van der Waals surface area contributed by atoms with Crippen LogP contribution in [0.4, 0.5) is 5.69 Å².